The topological polar surface area (TPSA) is 45.4 Å². The molecule has 0 aromatic heterocycles. The molecule has 0 aromatic carbocycles. The van der Waals surface area contributed by atoms with Gasteiger partial charge in [-0.25, -0.2) is 4.99 Å². The Balaban J connectivity index is 4.71. The van der Waals surface area contributed by atoms with Crippen LogP contribution in [0.3, 0.4) is 0 Å². The van der Waals surface area contributed by atoms with E-state index < -0.39 is 18.1 Å². The minimum Gasteiger partial charge on any atom is -0.367 e. The van der Waals surface area contributed by atoms with Crippen LogP contribution in [0.25, 0.3) is 0 Å². The molecule has 0 bridgehead atoms. The highest BCUT2D eigenvalue weighted by Crippen LogP contribution is 2.16. The van der Waals surface area contributed by atoms with Gasteiger partial charge >= 0.3 is 6.18 Å². The first-order chi connectivity index (χ1) is 8.17. The summed E-state index contributed by atoms with van der Waals surface area (Å²) in [6.07, 6.45) is -2.75. The summed E-state index contributed by atoms with van der Waals surface area (Å²) in [5.41, 5.74) is 0.958. The summed E-state index contributed by atoms with van der Waals surface area (Å²) in [4.78, 5) is 3.80. The molecule has 0 unspecified atom stereocenters. The van der Waals surface area contributed by atoms with Crippen molar-refractivity contribution in [1.82, 2.24) is 0 Å². The molecule has 0 heterocycles. The van der Waals surface area contributed by atoms with Crippen LogP contribution in [0.15, 0.2) is 16.6 Å². The van der Waals surface area contributed by atoms with E-state index in [9.17, 15) is 13.2 Å². The Morgan fingerprint density at radius 1 is 1.44 bits per heavy atom. The first-order valence-corrected chi connectivity index (χ1v) is 5.67. The minimum absolute atomic E-state index is 0.0650. The summed E-state index contributed by atoms with van der Waals surface area (Å²) in [7, 11) is 0. The number of ether oxygens (including phenoxy) is 1. The van der Waals surface area contributed by atoms with Crippen molar-refractivity contribution in [3.05, 3.63) is 11.6 Å². The van der Waals surface area contributed by atoms with Gasteiger partial charge in [0.25, 0.3) is 0 Å². The molecule has 3 nitrogen and oxygen atoms in total. The normalized spacial score (nSPS) is 14.2. The molecule has 0 aromatic rings. The highest BCUT2D eigenvalue weighted by atomic mass is 35.5. The highest BCUT2D eigenvalue weighted by Gasteiger charge is 2.27. The molecule has 0 amide bonds. The average molecular weight is 285 g/mol. The largest absolute Gasteiger partial charge is 0.411 e. The van der Waals surface area contributed by atoms with Gasteiger partial charge in [-0.3, -0.25) is 5.41 Å². The molecule has 0 aliphatic rings. The van der Waals surface area contributed by atoms with E-state index in [0.717, 1.165) is 0 Å². The van der Waals surface area contributed by atoms with Gasteiger partial charge < -0.3 is 4.74 Å². The standard InChI is InChI=1S/C11H16ClF3N2O/c1-4-8(5-18-6-11(13,14)15)9(7(2)3)17-10(12)16/h4,7,16H,5-6H2,1-3H3/b8-4-,16-10?,17-9-. The minimum atomic E-state index is -4.35. The Morgan fingerprint density at radius 2 is 2.00 bits per heavy atom. The average Bonchev–Trinajstić information content (AvgIpc) is 2.19. The summed E-state index contributed by atoms with van der Waals surface area (Å²) in [6, 6.07) is 0. The molecule has 0 rings (SSSR count). The number of hydrogen-bond acceptors (Lipinski definition) is 2. The lowest BCUT2D eigenvalue weighted by Gasteiger charge is -2.15. The number of nitrogens with zero attached hydrogens (tertiary/aromatic N) is 1. The maximum atomic E-state index is 11.9. The third-order valence-corrected chi connectivity index (χ3v) is 2.05. The van der Waals surface area contributed by atoms with Crippen LogP contribution in [0.4, 0.5) is 13.2 Å². The van der Waals surface area contributed by atoms with E-state index in [1.807, 2.05) is 13.8 Å². The number of nitrogens with one attached hydrogen (secondary N) is 1. The highest BCUT2D eigenvalue weighted by molar-refractivity contribution is 6.64. The summed E-state index contributed by atoms with van der Waals surface area (Å²) >= 11 is 5.37. The molecule has 7 heteroatoms. The van der Waals surface area contributed by atoms with Crippen LogP contribution in [0, 0.1) is 11.3 Å². The van der Waals surface area contributed by atoms with Crippen LogP contribution in [-0.2, 0) is 4.74 Å². The molecule has 104 valence electrons. The monoisotopic (exact) mass is 284 g/mol. The van der Waals surface area contributed by atoms with Crippen LogP contribution in [0.5, 0.6) is 0 Å². The van der Waals surface area contributed by atoms with Gasteiger partial charge in [-0.15, -0.1) is 0 Å². The van der Waals surface area contributed by atoms with Crippen molar-refractivity contribution < 1.29 is 17.9 Å². The van der Waals surface area contributed by atoms with Crippen LogP contribution in [0.1, 0.15) is 20.8 Å². The summed E-state index contributed by atoms with van der Waals surface area (Å²) in [6.45, 7) is 3.77. The molecule has 0 atom stereocenters. The SMILES string of the molecule is C/C=C(COCC(F)(F)F)\C(=N/C(=N)Cl)C(C)C. The van der Waals surface area contributed by atoms with Crippen LogP contribution in [-0.4, -0.2) is 30.4 Å². The van der Waals surface area contributed by atoms with Crippen LogP contribution >= 0.6 is 11.6 Å². The molecule has 18 heavy (non-hydrogen) atoms. The fraction of sp³-hybridized carbons (Fsp3) is 0.636. The van der Waals surface area contributed by atoms with Gasteiger partial charge in [-0.05, 0) is 30.0 Å². The molecule has 0 aliphatic heterocycles. The van der Waals surface area contributed by atoms with Crippen molar-refractivity contribution in [2.24, 2.45) is 10.9 Å². The third-order valence-electron chi connectivity index (χ3n) is 1.97. The Morgan fingerprint density at radius 3 is 2.33 bits per heavy atom. The maximum absolute atomic E-state index is 11.9. The predicted octanol–water partition coefficient (Wildman–Crippen LogP) is 3.78. The summed E-state index contributed by atoms with van der Waals surface area (Å²) in [5, 5.41) is 6.68. The van der Waals surface area contributed by atoms with Gasteiger partial charge in [0.15, 0.2) is 0 Å². The van der Waals surface area contributed by atoms with E-state index in [1.54, 1.807) is 13.0 Å². The number of allylic oxidation sites excluding steroid dienone is 1. The quantitative estimate of drug-likeness (QED) is 0.466. The number of amidine groups is 1. The van der Waals surface area contributed by atoms with E-state index >= 15 is 0 Å². The second-order valence-electron chi connectivity index (χ2n) is 3.86. The summed E-state index contributed by atoms with van der Waals surface area (Å²) < 4.78 is 40.4. The predicted molar refractivity (Wildman–Crippen MR) is 66.5 cm³/mol. The van der Waals surface area contributed by atoms with Gasteiger partial charge in [0.05, 0.1) is 12.3 Å². The Bertz CT molecular complexity index is 349. The second-order valence-corrected chi connectivity index (χ2v) is 4.22. The zero-order valence-corrected chi connectivity index (χ0v) is 11.2. The third kappa shape index (κ3) is 7.45. The van der Waals surface area contributed by atoms with Crippen molar-refractivity contribution in [2.75, 3.05) is 13.2 Å². The van der Waals surface area contributed by atoms with Gasteiger partial charge in [0, 0.05) is 0 Å². The number of hydrogen-bond donors (Lipinski definition) is 1. The van der Waals surface area contributed by atoms with Crippen LogP contribution < -0.4 is 0 Å². The lowest BCUT2D eigenvalue weighted by atomic mass is 10.0. The molecule has 0 radical (unpaired) electrons. The van der Waals surface area contributed by atoms with Crippen molar-refractivity contribution in [3.8, 4) is 0 Å². The molecule has 0 aliphatic carbocycles. The fourth-order valence-electron chi connectivity index (χ4n) is 1.26. The fourth-order valence-corrected chi connectivity index (χ4v) is 1.35. The van der Waals surface area contributed by atoms with Gasteiger partial charge in [-0.2, -0.15) is 13.2 Å². The van der Waals surface area contributed by atoms with Gasteiger partial charge in [-0.1, -0.05) is 19.9 Å². The molecule has 0 saturated carbocycles. The number of aliphatic imine (C=N–C) groups is 1. The van der Waals surface area contributed by atoms with Crippen LogP contribution in [0.2, 0.25) is 0 Å². The van der Waals surface area contributed by atoms with E-state index in [4.69, 9.17) is 17.0 Å². The Kier molecular flexibility index (Phi) is 7.16. The van der Waals surface area contributed by atoms with Gasteiger partial charge in [0.1, 0.15) is 6.61 Å². The van der Waals surface area contributed by atoms with Crippen molar-refractivity contribution in [2.45, 2.75) is 26.9 Å². The van der Waals surface area contributed by atoms with Crippen molar-refractivity contribution in [1.29, 1.82) is 5.41 Å². The number of rotatable bonds is 5. The van der Waals surface area contributed by atoms with Crippen molar-refractivity contribution in [3.63, 3.8) is 0 Å². The molecule has 0 fully saturated rings. The van der Waals surface area contributed by atoms with E-state index in [2.05, 4.69) is 9.73 Å². The molecular formula is C11H16ClF3N2O. The Hall–Kier alpha value is -0.880. The van der Waals surface area contributed by atoms with E-state index in [-0.39, 0.29) is 12.5 Å². The summed E-state index contributed by atoms with van der Waals surface area (Å²) in [5.74, 6) is -0.0650. The molecule has 1 N–H and O–H groups in total. The molecular weight excluding hydrogens is 269 g/mol. The first-order valence-electron chi connectivity index (χ1n) is 5.30. The lowest BCUT2D eigenvalue weighted by Crippen LogP contribution is -2.21. The first kappa shape index (κ1) is 17.1. The number of alkyl halides is 3. The lowest BCUT2D eigenvalue weighted by molar-refractivity contribution is -0.171. The Labute approximate surface area is 109 Å². The van der Waals surface area contributed by atoms with Crippen molar-refractivity contribution >= 4 is 22.6 Å². The van der Waals surface area contributed by atoms with Gasteiger partial charge in [0.2, 0.25) is 5.29 Å². The van der Waals surface area contributed by atoms with E-state index in [1.165, 1.54) is 0 Å². The zero-order valence-electron chi connectivity index (χ0n) is 10.4. The molecule has 0 spiro atoms. The van der Waals surface area contributed by atoms with E-state index in [0.29, 0.717) is 11.3 Å². The molecule has 0 saturated heterocycles. The maximum Gasteiger partial charge on any atom is 0.411 e. The smallest absolute Gasteiger partial charge is 0.367 e. The second kappa shape index (κ2) is 7.53. The zero-order chi connectivity index (χ0) is 14.3. The number of halogens is 4.